The maximum atomic E-state index is 13.0. The largest absolute Gasteiger partial charge is 0.452 e. The molecule has 2 aliphatic heterocycles. The molecule has 0 bridgehead atoms. The number of carbonyl (C=O) groups is 2. The van der Waals surface area contributed by atoms with Crippen molar-refractivity contribution in [2.75, 3.05) is 32.9 Å². The zero-order chi connectivity index (χ0) is 22.8. The monoisotopic (exact) mass is 492 g/mol. The van der Waals surface area contributed by atoms with Gasteiger partial charge in [0.05, 0.1) is 28.8 Å². The van der Waals surface area contributed by atoms with Gasteiger partial charge in [0.2, 0.25) is 10.0 Å². The van der Waals surface area contributed by atoms with Crippen LogP contribution in [0.4, 0.5) is 0 Å². The average Bonchev–Trinajstić information content (AvgIpc) is 2.72. The quantitative estimate of drug-likeness (QED) is 0.586. The Labute approximate surface area is 192 Å². The Morgan fingerprint density at radius 1 is 1.10 bits per heavy atom. The van der Waals surface area contributed by atoms with Crippen LogP contribution in [0.5, 0.6) is 0 Å². The number of piperidine rings is 1. The van der Waals surface area contributed by atoms with Crippen molar-refractivity contribution in [1.82, 2.24) is 9.21 Å². The van der Waals surface area contributed by atoms with E-state index < -0.39 is 22.6 Å². The zero-order valence-corrected chi connectivity index (χ0v) is 19.8. The molecule has 2 heterocycles. The van der Waals surface area contributed by atoms with Crippen LogP contribution < -0.4 is 0 Å². The molecule has 1 aromatic rings. The van der Waals surface area contributed by atoms with Crippen LogP contribution >= 0.6 is 23.2 Å². The Morgan fingerprint density at radius 2 is 1.71 bits per heavy atom. The molecule has 2 fully saturated rings. The summed E-state index contributed by atoms with van der Waals surface area (Å²) in [5.41, 5.74) is -0.162. The van der Waals surface area contributed by atoms with Crippen molar-refractivity contribution in [3.05, 3.63) is 27.7 Å². The lowest BCUT2D eigenvalue weighted by atomic mass is 9.97. The SMILES string of the molecule is CC1CCCC(C)N1C(=O)COC(=O)c1cc(S(=O)(=O)N2CCOCC2)c(Cl)cc1Cl. The number of benzene rings is 1. The highest BCUT2D eigenvalue weighted by atomic mass is 35.5. The summed E-state index contributed by atoms with van der Waals surface area (Å²) in [5.74, 6) is -1.18. The second kappa shape index (κ2) is 10.0. The summed E-state index contributed by atoms with van der Waals surface area (Å²) >= 11 is 12.3. The highest BCUT2D eigenvalue weighted by Crippen LogP contribution is 2.31. The first kappa shape index (κ1) is 24.3. The lowest BCUT2D eigenvalue weighted by molar-refractivity contribution is -0.140. The number of carbonyl (C=O) groups excluding carboxylic acids is 2. The second-order valence-corrected chi connectivity index (χ2v) is 10.5. The number of likely N-dealkylation sites (tertiary alicyclic amines) is 1. The van der Waals surface area contributed by atoms with Gasteiger partial charge >= 0.3 is 5.97 Å². The predicted molar refractivity (Wildman–Crippen MR) is 116 cm³/mol. The molecule has 2 aliphatic rings. The van der Waals surface area contributed by atoms with Gasteiger partial charge in [-0.1, -0.05) is 23.2 Å². The van der Waals surface area contributed by atoms with Gasteiger partial charge in [0.15, 0.2) is 6.61 Å². The van der Waals surface area contributed by atoms with Gasteiger partial charge in [-0.3, -0.25) is 4.79 Å². The Morgan fingerprint density at radius 3 is 2.32 bits per heavy atom. The molecule has 31 heavy (non-hydrogen) atoms. The van der Waals surface area contributed by atoms with Crippen molar-refractivity contribution in [3.63, 3.8) is 0 Å². The standard InChI is InChI=1S/C20H26Cl2N2O6S/c1-13-4-3-5-14(2)24(13)19(25)12-30-20(26)15-10-18(17(22)11-16(15)21)31(27,28)23-6-8-29-9-7-23/h10-11,13-14H,3-9,12H2,1-2H3. The van der Waals surface area contributed by atoms with E-state index in [1.807, 2.05) is 13.8 Å². The molecule has 0 aromatic heterocycles. The molecule has 172 valence electrons. The molecule has 8 nitrogen and oxygen atoms in total. The van der Waals surface area contributed by atoms with Crippen LogP contribution in [0.1, 0.15) is 43.5 Å². The van der Waals surface area contributed by atoms with Gasteiger partial charge in [-0.25, -0.2) is 13.2 Å². The van der Waals surface area contributed by atoms with Crippen LogP contribution in [0.2, 0.25) is 10.0 Å². The van der Waals surface area contributed by atoms with Gasteiger partial charge in [0.25, 0.3) is 5.91 Å². The topological polar surface area (TPSA) is 93.2 Å². The lowest BCUT2D eigenvalue weighted by Crippen LogP contribution is -2.49. The Balaban J connectivity index is 1.77. The highest BCUT2D eigenvalue weighted by Gasteiger charge is 2.32. The molecule has 0 aliphatic carbocycles. The Hall–Kier alpha value is -1.39. The average molecular weight is 493 g/mol. The molecule has 2 unspecified atom stereocenters. The molecule has 2 atom stereocenters. The summed E-state index contributed by atoms with van der Waals surface area (Å²) in [6, 6.07) is 2.44. The van der Waals surface area contributed by atoms with Crippen LogP contribution in [0.3, 0.4) is 0 Å². The smallest absolute Gasteiger partial charge is 0.340 e. The van der Waals surface area contributed by atoms with E-state index in [-0.39, 0.29) is 64.8 Å². The number of halogens is 2. The van der Waals surface area contributed by atoms with Crippen LogP contribution in [0, 0.1) is 0 Å². The zero-order valence-electron chi connectivity index (χ0n) is 17.5. The van der Waals surface area contributed by atoms with E-state index in [9.17, 15) is 18.0 Å². The fourth-order valence-electron chi connectivity index (χ4n) is 4.00. The third kappa shape index (κ3) is 5.34. The first-order valence-electron chi connectivity index (χ1n) is 10.2. The van der Waals surface area contributed by atoms with Gasteiger partial charge in [-0.15, -0.1) is 0 Å². The number of hydrogen-bond donors (Lipinski definition) is 0. The van der Waals surface area contributed by atoms with Crippen LogP contribution in [0.25, 0.3) is 0 Å². The first-order chi connectivity index (χ1) is 14.6. The first-order valence-corrected chi connectivity index (χ1v) is 12.4. The van der Waals surface area contributed by atoms with Crippen molar-refractivity contribution >= 4 is 45.1 Å². The number of rotatable bonds is 5. The minimum absolute atomic E-state index is 0.0527. The molecule has 0 spiro atoms. The summed E-state index contributed by atoms with van der Waals surface area (Å²) in [6.45, 7) is 4.40. The summed E-state index contributed by atoms with van der Waals surface area (Å²) in [4.78, 5) is 26.7. The fraction of sp³-hybridized carbons (Fsp3) is 0.600. The third-order valence-electron chi connectivity index (χ3n) is 5.64. The van der Waals surface area contributed by atoms with Crippen molar-refractivity contribution < 1.29 is 27.5 Å². The summed E-state index contributed by atoms with van der Waals surface area (Å²) in [7, 11) is -3.95. The molecule has 0 radical (unpaired) electrons. The molecule has 0 saturated carbocycles. The fourth-order valence-corrected chi connectivity index (χ4v) is 6.23. The van der Waals surface area contributed by atoms with Crippen LogP contribution in [-0.2, 0) is 24.3 Å². The molecule has 0 N–H and O–H groups in total. The molecule has 1 amide bonds. The van der Waals surface area contributed by atoms with Gasteiger partial charge in [0, 0.05) is 25.2 Å². The van der Waals surface area contributed by atoms with E-state index in [0.29, 0.717) is 0 Å². The van der Waals surface area contributed by atoms with Gasteiger partial charge < -0.3 is 14.4 Å². The molecular formula is C20H26Cl2N2O6S. The Bertz CT molecular complexity index is 939. The normalized spacial score (nSPS) is 22.9. The van der Waals surface area contributed by atoms with E-state index >= 15 is 0 Å². The molecule has 1 aromatic carbocycles. The third-order valence-corrected chi connectivity index (χ3v) is 8.31. The van der Waals surface area contributed by atoms with E-state index in [1.54, 1.807) is 4.90 Å². The summed E-state index contributed by atoms with van der Waals surface area (Å²) < 4.78 is 37.6. The van der Waals surface area contributed by atoms with Crippen LogP contribution in [0.15, 0.2) is 17.0 Å². The minimum Gasteiger partial charge on any atom is -0.452 e. The maximum Gasteiger partial charge on any atom is 0.340 e. The molecule has 11 heteroatoms. The number of ether oxygens (including phenoxy) is 2. The molecule has 3 rings (SSSR count). The van der Waals surface area contributed by atoms with E-state index in [4.69, 9.17) is 32.7 Å². The van der Waals surface area contributed by atoms with Crippen LogP contribution in [-0.4, -0.2) is 74.5 Å². The van der Waals surface area contributed by atoms with Gasteiger partial charge in [-0.05, 0) is 45.2 Å². The minimum atomic E-state index is -3.95. The summed E-state index contributed by atoms with van der Waals surface area (Å²) in [5, 5.41) is -0.150. The van der Waals surface area contributed by atoms with Gasteiger partial charge in [-0.2, -0.15) is 4.31 Å². The Kier molecular flexibility index (Phi) is 7.86. The maximum absolute atomic E-state index is 13.0. The van der Waals surface area contributed by atoms with Crippen molar-refractivity contribution in [2.45, 2.75) is 50.1 Å². The molecular weight excluding hydrogens is 467 g/mol. The van der Waals surface area contributed by atoms with Crippen molar-refractivity contribution in [2.24, 2.45) is 0 Å². The number of sulfonamides is 1. The number of esters is 1. The van der Waals surface area contributed by atoms with Crippen molar-refractivity contribution in [1.29, 1.82) is 0 Å². The molecule has 2 saturated heterocycles. The van der Waals surface area contributed by atoms with E-state index in [2.05, 4.69) is 0 Å². The number of nitrogens with zero attached hydrogens (tertiary/aromatic N) is 2. The van der Waals surface area contributed by atoms with E-state index in [1.165, 1.54) is 10.4 Å². The number of morpholine rings is 1. The van der Waals surface area contributed by atoms with Crippen molar-refractivity contribution in [3.8, 4) is 0 Å². The number of amides is 1. The van der Waals surface area contributed by atoms with E-state index in [0.717, 1.165) is 25.3 Å². The second-order valence-electron chi connectivity index (χ2n) is 7.79. The van der Waals surface area contributed by atoms with Gasteiger partial charge in [0.1, 0.15) is 4.90 Å². The summed E-state index contributed by atoms with van der Waals surface area (Å²) in [6.07, 6.45) is 2.85. The number of hydrogen-bond acceptors (Lipinski definition) is 6. The highest BCUT2D eigenvalue weighted by molar-refractivity contribution is 7.89. The lowest BCUT2D eigenvalue weighted by Gasteiger charge is -2.38. The predicted octanol–water partition coefficient (Wildman–Crippen LogP) is 2.96.